The van der Waals surface area contributed by atoms with Crippen LogP contribution in [0.2, 0.25) is 0 Å². The van der Waals surface area contributed by atoms with Crippen molar-refractivity contribution < 1.29 is 39.1 Å². The molecule has 53 heavy (non-hydrogen) atoms. The molecular formula is C42H73N3O8. The normalized spacial score (nSPS) is 40.1. The maximum Gasteiger partial charge on any atom is 0.308 e. The van der Waals surface area contributed by atoms with E-state index in [1.807, 2.05) is 33.8 Å². The molecule has 0 radical (unpaired) electrons. The van der Waals surface area contributed by atoms with Gasteiger partial charge in [0.15, 0.2) is 12.1 Å². The monoisotopic (exact) mass is 748 g/mol. The van der Waals surface area contributed by atoms with E-state index in [1.54, 1.807) is 32.0 Å². The lowest BCUT2D eigenvalue weighted by atomic mass is 9.79. The van der Waals surface area contributed by atoms with Crippen LogP contribution in [-0.2, 0) is 23.8 Å². The van der Waals surface area contributed by atoms with Gasteiger partial charge in [0.05, 0.1) is 36.9 Å². The van der Waals surface area contributed by atoms with Crippen molar-refractivity contribution in [1.82, 2.24) is 14.7 Å². The lowest BCUT2D eigenvalue weighted by molar-refractivity contribution is -0.304. The van der Waals surface area contributed by atoms with Crippen LogP contribution in [0.25, 0.3) is 0 Å². The zero-order valence-electron chi connectivity index (χ0n) is 34.1. The first-order valence-electron chi connectivity index (χ1n) is 20.7. The van der Waals surface area contributed by atoms with Crippen molar-refractivity contribution in [2.45, 2.75) is 148 Å². The van der Waals surface area contributed by atoms with Crippen molar-refractivity contribution in [3.05, 3.63) is 23.8 Å². The summed E-state index contributed by atoms with van der Waals surface area (Å²) in [6.45, 7) is 17.5. The van der Waals surface area contributed by atoms with Crippen LogP contribution in [0.3, 0.4) is 0 Å². The number of aliphatic hydroxyl groups excluding tert-OH is 3. The molecule has 3 fully saturated rings. The summed E-state index contributed by atoms with van der Waals surface area (Å²) >= 11 is 0. The number of nitrogens with zero attached hydrogens (tertiary/aromatic N) is 3. The van der Waals surface area contributed by atoms with E-state index in [4.69, 9.17) is 14.2 Å². The number of allylic oxidation sites excluding steroid dienone is 3. The quantitative estimate of drug-likeness (QED) is 0.290. The fourth-order valence-electron chi connectivity index (χ4n) is 8.93. The fraction of sp³-hybridized carbons (Fsp3) is 0.857. The second-order valence-electron chi connectivity index (χ2n) is 17.2. The molecule has 0 amide bonds. The predicted molar refractivity (Wildman–Crippen MR) is 207 cm³/mol. The van der Waals surface area contributed by atoms with Gasteiger partial charge in [-0.25, -0.2) is 0 Å². The summed E-state index contributed by atoms with van der Waals surface area (Å²) in [5.74, 6) is -0.894. The Balaban J connectivity index is 1.67. The van der Waals surface area contributed by atoms with Crippen molar-refractivity contribution in [3.8, 4) is 0 Å². The lowest BCUT2D eigenvalue weighted by Crippen LogP contribution is -2.63. The minimum Gasteiger partial charge on any atom is -0.462 e. The Kier molecular flexibility index (Phi) is 17.4. The third kappa shape index (κ3) is 12.7. The Morgan fingerprint density at radius 3 is 2.25 bits per heavy atom. The van der Waals surface area contributed by atoms with Crippen LogP contribution in [0.1, 0.15) is 99.3 Å². The Bertz CT molecular complexity index is 1200. The highest BCUT2D eigenvalue weighted by molar-refractivity contribution is 5.91. The molecule has 0 aliphatic carbocycles. The number of ether oxygens (including phenoxy) is 3. The van der Waals surface area contributed by atoms with Gasteiger partial charge < -0.3 is 44.2 Å². The van der Waals surface area contributed by atoms with Gasteiger partial charge in [0, 0.05) is 24.3 Å². The molecule has 12 atom stereocenters. The second-order valence-corrected chi connectivity index (χ2v) is 17.2. The van der Waals surface area contributed by atoms with Gasteiger partial charge in [-0.05, 0) is 124 Å². The number of cyclic esters (lactones) is 1. The average molecular weight is 748 g/mol. The minimum absolute atomic E-state index is 0.0261. The minimum atomic E-state index is -1.17. The number of hydrogen-bond acceptors (Lipinski definition) is 11. The highest BCUT2D eigenvalue weighted by atomic mass is 16.7. The van der Waals surface area contributed by atoms with E-state index in [2.05, 4.69) is 22.8 Å². The van der Waals surface area contributed by atoms with Crippen LogP contribution in [0, 0.1) is 29.6 Å². The summed E-state index contributed by atoms with van der Waals surface area (Å²) in [5, 5.41) is 34.3. The molecular weight excluding hydrogens is 674 g/mol. The molecule has 3 N–H and O–H groups in total. The molecule has 4 aliphatic heterocycles. The molecule has 0 aromatic rings. The van der Waals surface area contributed by atoms with Crippen LogP contribution >= 0.6 is 0 Å². The van der Waals surface area contributed by atoms with Crippen LogP contribution in [0.4, 0.5) is 0 Å². The highest BCUT2D eigenvalue weighted by Gasteiger charge is 2.47. The first-order valence-corrected chi connectivity index (χ1v) is 20.7. The Hall–Kier alpha value is -1.70. The number of piperidine rings is 2. The maximum absolute atomic E-state index is 13.8. The van der Waals surface area contributed by atoms with Gasteiger partial charge in [0.1, 0.15) is 12.2 Å². The molecule has 0 aromatic carbocycles. The third-order valence-electron chi connectivity index (χ3n) is 12.6. The van der Waals surface area contributed by atoms with Crippen molar-refractivity contribution in [2.75, 3.05) is 53.4 Å². The fourth-order valence-corrected chi connectivity index (χ4v) is 8.93. The van der Waals surface area contributed by atoms with Crippen LogP contribution < -0.4 is 0 Å². The van der Waals surface area contributed by atoms with Gasteiger partial charge >= 0.3 is 5.97 Å². The topological polar surface area (TPSA) is 132 Å². The standard InChI is InChI=1S/C42H73N3O8/c1-9-36-33(26-45-20-15-27(2)16-21-45)23-28(3)13-14-34(46)29(4)24-32(17-22-44-18-11-10-12-19-44)41(30(5)35(47)25-37(48)52-36)53-42-40(50)38(43(7)8)39(49)31(6)51-42/h13-14,23,27,29-33,35-36,38-42,47,49-50H,9-12,15-22,24-26H2,1-8H3/b14-13+,28-23+. The Morgan fingerprint density at radius 1 is 0.925 bits per heavy atom. The van der Waals surface area contributed by atoms with E-state index < -0.39 is 54.7 Å². The Morgan fingerprint density at radius 2 is 1.60 bits per heavy atom. The molecule has 3 saturated heterocycles. The first-order chi connectivity index (χ1) is 25.2. The van der Waals surface area contributed by atoms with Gasteiger partial charge in [0.25, 0.3) is 0 Å². The second kappa shape index (κ2) is 21.0. The van der Waals surface area contributed by atoms with Crippen molar-refractivity contribution in [1.29, 1.82) is 0 Å². The Labute approximate surface area is 320 Å². The SMILES string of the molecule is CCC1OC(=O)CC(O)C(C)C(OC2OC(C)C(O)C(N(C)C)C2O)C(CCN2CCCCC2)CC(C)C(=O)/C=C/C(C)=C/C1CN1CCC(C)CC1. The van der Waals surface area contributed by atoms with Gasteiger partial charge in [-0.15, -0.1) is 0 Å². The molecule has 12 unspecified atom stereocenters. The first kappa shape index (κ1) is 44.0. The zero-order valence-corrected chi connectivity index (χ0v) is 34.1. The van der Waals surface area contributed by atoms with Gasteiger partial charge in [0.2, 0.25) is 0 Å². The summed E-state index contributed by atoms with van der Waals surface area (Å²) in [6, 6.07) is -0.633. The van der Waals surface area contributed by atoms with Crippen molar-refractivity contribution >= 4 is 11.8 Å². The highest BCUT2D eigenvalue weighted by Crippen LogP contribution is 2.35. The molecule has 304 valence electrons. The smallest absolute Gasteiger partial charge is 0.308 e. The van der Waals surface area contributed by atoms with E-state index in [0.717, 1.165) is 70.5 Å². The predicted octanol–water partition coefficient (Wildman–Crippen LogP) is 4.43. The molecule has 11 heteroatoms. The molecule has 0 spiro atoms. The summed E-state index contributed by atoms with van der Waals surface area (Å²) in [5.41, 5.74) is 0.953. The van der Waals surface area contributed by atoms with E-state index >= 15 is 0 Å². The third-order valence-corrected chi connectivity index (χ3v) is 12.6. The van der Waals surface area contributed by atoms with Gasteiger partial charge in [-0.3, -0.25) is 9.59 Å². The number of carbonyl (C=O) groups excluding carboxylic acids is 2. The molecule has 4 rings (SSSR count). The van der Waals surface area contributed by atoms with E-state index in [0.29, 0.717) is 25.2 Å². The van der Waals surface area contributed by atoms with E-state index in [-0.39, 0.29) is 36.1 Å². The number of likely N-dealkylation sites (tertiary alicyclic amines) is 2. The number of carbonyl (C=O) groups is 2. The summed E-state index contributed by atoms with van der Waals surface area (Å²) in [6.07, 6.45) is 7.21. The molecule has 11 nitrogen and oxygen atoms in total. The van der Waals surface area contributed by atoms with Gasteiger partial charge in [-0.1, -0.05) is 51.8 Å². The molecule has 0 aromatic heterocycles. The summed E-state index contributed by atoms with van der Waals surface area (Å²) in [4.78, 5) is 34.2. The van der Waals surface area contributed by atoms with Gasteiger partial charge in [-0.2, -0.15) is 0 Å². The molecule has 0 saturated carbocycles. The average Bonchev–Trinajstić information content (AvgIpc) is 3.12. The van der Waals surface area contributed by atoms with Crippen LogP contribution in [0.5, 0.6) is 0 Å². The summed E-state index contributed by atoms with van der Waals surface area (Å²) in [7, 11) is 3.60. The molecule has 4 aliphatic rings. The summed E-state index contributed by atoms with van der Waals surface area (Å²) < 4.78 is 19.1. The molecule has 0 bridgehead atoms. The number of rotatable bonds is 9. The number of ketones is 1. The largest absolute Gasteiger partial charge is 0.462 e. The lowest BCUT2D eigenvalue weighted by Gasteiger charge is -2.47. The van der Waals surface area contributed by atoms with Crippen molar-refractivity contribution in [2.24, 2.45) is 29.6 Å². The van der Waals surface area contributed by atoms with E-state index in [9.17, 15) is 24.9 Å². The number of hydrogen-bond donors (Lipinski definition) is 3. The van der Waals surface area contributed by atoms with E-state index in [1.165, 1.54) is 6.42 Å². The zero-order chi connectivity index (χ0) is 38.8. The van der Waals surface area contributed by atoms with Crippen molar-refractivity contribution in [3.63, 3.8) is 0 Å². The van der Waals surface area contributed by atoms with Crippen LogP contribution in [-0.4, -0.2) is 144 Å². The number of aliphatic hydroxyl groups is 3. The van der Waals surface area contributed by atoms with Crippen LogP contribution in [0.15, 0.2) is 23.8 Å². The number of likely N-dealkylation sites (N-methyl/N-ethyl adjacent to an activating group) is 1. The maximum atomic E-state index is 13.8. The molecule has 4 heterocycles. The number of esters is 1.